The van der Waals surface area contributed by atoms with Crippen molar-refractivity contribution in [2.24, 2.45) is 0 Å². The van der Waals surface area contributed by atoms with Crippen molar-refractivity contribution in [3.63, 3.8) is 0 Å². The fraction of sp³-hybridized carbons (Fsp3) is 0.179. The first kappa shape index (κ1) is 22.9. The van der Waals surface area contributed by atoms with Gasteiger partial charge in [-0.2, -0.15) is 4.98 Å². The van der Waals surface area contributed by atoms with Crippen LogP contribution in [0, 0.1) is 13.8 Å². The first-order valence-corrected chi connectivity index (χ1v) is 11.8. The van der Waals surface area contributed by atoms with Gasteiger partial charge in [0.1, 0.15) is 0 Å². The third kappa shape index (κ3) is 4.57. The molecule has 176 valence electrons. The Balaban J connectivity index is 1.60. The number of hydrogen-bond acceptors (Lipinski definition) is 4. The van der Waals surface area contributed by atoms with Crippen LogP contribution >= 0.6 is 11.6 Å². The van der Waals surface area contributed by atoms with Crippen molar-refractivity contribution in [3.8, 4) is 11.4 Å². The molecule has 0 saturated carbocycles. The number of aromatic nitrogens is 2. The molecule has 1 atom stereocenters. The minimum Gasteiger partial charge on any atom is -0.334 e. The van der Waals surface area contributed by atoms with E-state index in [4.69, 9.17) is 21.1 Å². The SMILES string of the molecule is CC1=C(c2nc(-c3ccc(C)cc3)no2)C(c2ccc(Cl)cc2)NC(=O)N1Cc1ccccc1C. The summed E-state index contributed by atoms with van der Waals surface area (Å²) in [6, 6.07) is 22.8. The van der Waals surface area contributed by atoms with E-state index in [0.717, 1.165) is 39.1 Å². The zero-order valence-corrected chi connectivity index (χ0v) is 20.5. The summed E-state index contributed by atoms with van der Waals surface area (Å²) in [7, 11) is 0. The molecule has 7 heteroatoms. The minimum absolute atomic E-state index is 0.187. The standard InChI is InChI=1S/C28H25ClN4O2/c1-17-8-10-21(11-9-17)26-31-27(35-32-26)24-19(3)33(16-22-7-5-4-6-18(22)2)28(34)30-25(24)20-12-14-23(29)15-13-20/h4-15,25H,16H2,1-3H3,(H,30,34). The molecule has 35 heavy (non-hydrogen) atoms. The van der Waals surface area contributed by atoms with Crippen LogP contribution < -0.4 is 5.32 Å². The highest BCUT2D eigenvalue weighted by Gasteiger charge is 2.36. The van der Waals surface area contributed by atoms with Gasteiger partial charge in [-0.15, -0.1) is 0 Å². The minimum atomic E-state index is -0.459. The predicted octanol–water partition coefficient (Wildman–Crippen LogP) is 6.70. The lowest BCUT2D eigenvalue weighted by Gasteiger charge is -2.35. The van der Waals surface area contributed by atoms with E-state index in [2.05, 4.69) is 10.5 Å². The molecule has 6 nitrogen and oxygen atoms in total. The summed E-state index contributed by atoms with van der Waals surface area (Å²) in [6.07, 6.45) is 0. The van der Waals surface area contributed by atoms with Gasteiger partial charge < -0.3 is 9.84 Å². The zero-order valence-electron chi connectivity index (χ0n) is 19.7. The van der Waals surface area contributed by atoms with Crippen molar-refractivity contribution in [2.45, 2.75) is 33.4 Å². The number of halogens is 1. The van der Waals surface area contributed by atoms with Crippen molar-refractivity contribution in [1.82, 2.24) is 20.4 Å². The van der Waals surface area contributed by atoms with Gasteiger partial charge >= 0.3 is 6.03 Å². The molecule has 5 rings (SSSR count). The van der Waals surface area contributed by atoms with Gasteiger partial charge in [0.2, 0.25) is 5.82 Å². The number of amides is 2. The summed E-state index contributed by atoms with van der Waals surface area (Å²) in [4.78, 5) is 19.7. The number of hydrogen-bond donors (Lipinski definition) is 1. The molecule has 2 amide bonds. The normalized spacial score (nSPS) is 15.9. The van der Waals surface area contributed by atoms with E-state index in [-0.39, 0.29) is 6.03 Å². The van der Waals surface area contributed by atoms with E-state index in [1.165, 1.54) is 0 Å². The van der Waals surface area contributed by atoms with Crippen LogP contribution in [-0.2, 0) is 6.54 Å². The Labute approximate surface area is 209 Å². The smallest absolute Gasteiger partial charge is 0.322 e. The maximum absolute atomic E-state index is 13.3. The van der Waals surface area contributed by atoms with Crippen molar-refractivity contribution in [2.75, 3.05) is 0 Å². The molecular formula is C28H25ClN4O2. The Hall–Kier alpha value is -3.90. The molecular weight excluding hydrogens is 460 g/mol. The Morgan fingerprint density at radius 3 is 2.40 bits per heavy atom. The number of benzene rings is 3. The maximum atomic E-state index is 13.3. The van der Waals surface area contributed by atoms with Gasteiger partial charge in [0, 0.05) is 16.3 Å². The van der Waals surface area contributed by atoms with Crippen LogP contribution in [-0.4, -0.2) is 21.1 Å². The molecule has 3 aromatic carbocycles. The molecule has 2 heterocycles. The summed E-state index contributed by atoms with van der Waals surface area (Å²) in [5.74, 6) is 0.866. The zero-order chi connectivity index (χ0) is 24.5. The molecule has 0 aliphatic carbocycles. The number of aryl methyl sites for hydroxylation is 2. The lowest BCUT2D eigenvalue weighted by Crippen LogP contribution is -2.45. The molecule has 1 aromatic heterocycles. The quantitative estimate of drug-likeness (QED) is 0.342. The van der Waals surface area contributed by atoms with Gasteiger partial charge in [0.25, 0.3) is 5.89 Å². The summed E-state index contributed by atoms with van der Waals surface area (Å²) < 4.78 is 5.77. The predicted molar refractivity (Wildman–Crippen MR) is 137 cm³/mol. The van der Waals surface area contributed by atoms with E-state index in [0.29, 0.717) is 23.3 Å². The van der Waals surface area contributed by atoms with E-state index in [1.807, 2.05) is 81.4 Å². The largest absolute Gasteiger partial charge is 0.334 e. The highest BCUT2D eigenvalue weighted by Crippen LogP contribution is 2.38. The lowest BCUT2D eigenvalue weighted by molar-refractivity contribution is 0.203. The monoisotopic (exact) mass is 484 g/mol. The molecule has 4 aromatic rings. The van der Waals surface area contributed by atoms with E-state index >= 15 is 0 Å². The van der Waals surface area contributed by atoms with E-state index < -0.39 is 6.04 Å². The molecule has 1 unspecified atom stereocenters. The second kappa shape index (κ2) is 9.39. The fourth-order valence-electron chi connectivity index (χ4n) is 4.26. The van der Waals surface area contributed by atoms with Crippen LogP contribution in [0.15, 0.2) is 83.0 Å². The first-order valence-electron chi connectivity index (χ1n) is 11.4. The van der Waals surface area contributed by atoms with Gasteiger partial charge in [-0.1, -0.05) is 83.0 Å². The number of allylic oxidation sites excluding steroid dienone is 1. The number of carbonyl (C=O) groups excluding carboxylic acids is 1. The Bertz CT molecular complexity index is 1410. The van der Waals surface area contributed by atoms with Crippen LogP contribution in [0.3, 0.4) is 0 Å². The van der Waals surface area contributed by atoms with E-state index in [1.54, 1.807) is 17.0 Å². The third-order valence-corrected chi connectivity index (χ3v) is 6.61. The first-order chi connectivity index (χ1) is 16.9. The molecule has 0 spiro atoms. The highest BCUT2D eigenvalue weighted by atomic mass is 35.5. The van der Waals surface area contributed by atoms with Gasteiger partial charge in [0.15, 0.2) is 0 Å². The second-order valence-electron chi connectivity index (χ2n) is 8.73. The molecule has 1 N–H and O–H groups in total. The summed E-state index contributed by atoms with van der Waals surface area (Å²) in [5.41, 5.74) is 6.60. The number of nitrogens with one attached hydrogen (secondary N) is 1. The van der Waals surface area contributed by atoms with Crippen LogP contribution in [0.4, 0.5) is 4.79 Å². The Morgan fingerprint density at radius 1 is 0.971 bits per heavy atom. The van der Waals surface area contributed by atoms with Crippen LogP contribution in [0.5, 0.6) is 0 Å². The number of carbonyl (C=O) groups is 1. The molecule has 0 saturated heterocycles. The number of rotatable bonds is 5. The summed E-state index contributed by atoms with van der Waals surface area (Å²) in [6.45, 7) is 6.43. The third-order valence-electron chi connectivity index (χ3n) is 6.36. The highest BCUT2D eigenvalue weighted by molar-refractivity contribution is 6.30. The molecule has 0 radical (unpaired) electrons. The summed E-state index contributed by atoms with van der Waals surface area (Å²) >= 11 is 6.12. The number of urea groups is 1. The van der Waals surface area contributed by atoms with Gasteiger partial charge in [-0.3, -0.25) is 4.90 Å². The average molecular weight is 485 g/mol. The maximum Gasteiger partial charge on any atom is 0.322 e. The van der Waals surface area contributed by atoms with Gasteiger partial charge in [-0.05, 0) is 49.6 Å². The van der Waals surface area contributed by atoms with Gasteiger partial charge in [-0.25, -0.2) is 4.79 Å². The van der Waals surface area contributed by atoms with Crippen LogP contribution in [0.2, 0.25) is 5.02 Å². The second-order valence-corrected chi connectivity index (χ2v) is 9.17. The lowest BCUT2D eigenvalue weighted by atomic mass is 9.94. The Morgan fingerprint density at radius 2 is 1.69 bits per heavy atom. The van der Waals surface area contributed by atoms with Crippen molar-refractivity contribution >= 4 is 23.2 Å². The van der Waals surface area contributed by atoms with Crippen LogP contribution in [0.1, 0.15) is 41.1 Å². The van der Waals surface area contributed by atoms with Gasteiger partial charge in [0.05, 0.1) is 18.2 Å². The average Bonchev–Trinajstić information content (AvgIpc) is 3.33. The van der Waals surface area contributed by atoms with E-state index in [9.17, 15) is 4.79 Å². The Kier molecular flexibility index (Phi) is 6.14. The molecule has 0 bridgehead atoms. The molecule has 0 fully saturated rings. The topological polar surface area (TPSA) is 71.3 Å². The molecule has 1 aliphatic heterocycles. The van der Waals surface area contributed by atoms with Crippen molar-refractivity contribution in [1.29, 1.82) is 0 Å². The van der Waals surface area contributed by atoms with Crippen LogP contribution in [0.25, 0.3) is 17.0 Å². The van der Waals surface area contributed by atoms with Crippen molar-refractivity contribution < 1.29 is 9.32 Å². The molecule has 1 aliphatic rings. The number of nitrogens with zero attached hydrogens (tertiary/aromatic N) is 3. The fourth-order valence-corrected chi connectivity index (χ4v) is 4.39. The summed E-state index contributed by atoms with van der Waals surface area (Å²) in [5, 5.41) is 8.00. The van der Waals surface area contributed by atoms with Crippen molar-refractivity contribution in [3.05, 3.63) is 112 Å².